The topological polar surface area (TPSA) is 47.9 Å². The number of nitrogens with zero attached hydrogens (tertiary/aromatic N) is 1. The number of hydrogen-bond donors (Lipinski definition) is 1. The molecule has 7 heavy (non-hydrogen) atoms. The largest absolute Gasteiger partial charge is 0.344 e. The van der Waals surface area contributed by atoms with Gasteiger partial charge in [0.1, 0.15) is 0 Å². The van der Waals surface area contributed by atoms with Gasteiger partial charge in [0.15, 0.2) is 0 Å². The Labute approximate surface area is 56.9 Å². The van der Waals surface area contributed by atoms with Crippen molar-refractivity contribution in [2.75, 3.05) is 0 Å². The molecule has 1 rings (SSSR count). The lowest BCUT2D eigenvalue weighted by molar-refractivity contribution is 1.43. The highest BCUT2D eigenvalue weighted by atomic mass is 79.9. The number of aromatic nitrogens is 1. The Morgan fingerprint density at radius 1 is 1.43 bits per heavy atom. The van der Waals surface area contributed by atoms with E-state index in [2.05, 4.69) is 4.98 Å². The van der Waals surface area contributed by atoms with Crippen LogP contribution in [0, 0.1) is 0 Å². The molecule has 0 amide bonds. The molecule has 0 saturated heterocycles. The smallest absolute Gasteiger partial charge is 0.0791 e. The molecule has 3 N–H and O–H groups in total. The summed E-state index contributed by atoms with van der Waals surface area (Å²) in [7, 11) is 0. The molecule has 1 heterocycles. The Hall–Kier alpha value is 0.0700. The van der Waals surface area contributed by atoms with Gasteiger partial charge in [0.25, 0.3) is 0 Å². The molecule has 0 spiro atoms. The summed E-state index contributed by atoms with van der Waals surface area (Å²) >= 11 is 1.60. The third-order valence-corrected chi connectivity index (χ3v) is 0.869. The number of thiazole rings is 1. The number of hydrogen-bond acceptors (Lipinski definition) is 3. The third kappa shape index (κ3) is 3.91. The second-order valence-corrected chi connectivity index (χ2v) is 1.43. The van der Waals surface area contributed by atoms with Crippen LogP contribution in [0.4, 0.5) is 0 Å². The van der Waals surface area contributed by atoms with E-state index in [0.717, 1.165) is 0 Å². The van der Waals surface area contributed by atoms with Gasteiger partial charge < -0.3 is 6.15 Å². The summed E-state index contributed by atoms with van der Waals surface area (Å²) < 4.78 is 0. The zero-order valence-corrected chi connectivity index (χ0v) is 6.23. The average molecular weight is 183 g/mol. The van der Waals surface area contributed by atoms with Crippen LogP contribution in [0.15, 0.2) is 17.1 Å². The lowest BCUT2D eigenvalue weighted by Crippen LogP contribution is -1.38. The zero-order chi connectivity index (χ0) is 3.54. The highest BCUT2D eigenvalue weighted by Crippen LogP contribution is 1.85. The Bertz CT molecular complexity index is 69.4. The summed E-state index contributed by atoms with van der Waals surface area (Å²) in [6.07, 6.45) is 1.77. The predicted octanol–water partition coefficient (Wildman–Crippen LogP) is 1.88. The fourth-order valence-corrected chi connectivity index (χ4v) is 0.527. The van der Waals surface area contributed by atoms with Crippen LogP contribution in [0.2, 0.25) is 0 Å². The minimum Gasteiger partial charge on any atom is -0.344 e. The van der Waals surface area contributed by atoms with Crippen LogP contribution in [0.3, 0.4) is 0 Å². The van der Waals surface area contributed by atoms with Crippen molar-refractivity contribution in [2.45, 2.75) is 0 Å². The molecule has 1 aromatic rings. The molecule has 0 aromatic carbocycles. The van der Waals surface area contributed by atoms with E-state index >= 15 is 0 Å². The first-order chi connectivity index (χ1) is 2.50. The van der Waals surface area contributed by atoms with Crippen LogP contribution in [-0.2, 0) is 0 Å². The molecule has 0 aliphatic heterocycles. The van der Waals surface area contributed by atoms with E-state index in [9.17, 15) is 0 Å². The van der Waals surface area contributed by atoms with E-state index in [0.29, 0.717) is 0 Å². The predicted molar refractivity (Wildman–Crippen MR) is 37.5 cm³/mol. The standard InChI is InChI=1S/C3H3NS.BrH.H3N/c1-2-5-3-4-1;;/h1-3H;1H;1H3. The van der Waals surface area contributed by atoms with Gasteiger partial charge in [-0.1, -0.05) is 0 Å². The lowest BCUT2D eigenvalue weighted by Gasteiger charge is -1.41. The summed E-state index contributed by atoms with van der Waals surface area (Å²) in [5, 5.41) is 1.93. The summed E-state index contributed by atoms with van der Waals surface area (Å²) in [4.78, 5) is 3.74. The molecule has 2 nitrogen and oxygen atoms in total. The van der Waals surface area contributed by atoms with Crippen molar-refractivity contribution in [3.8, 4) is 0 Å². The van der Waals surface area contributed by atoms with Gasteiger partial charge in [-0.3, -0.25) is 4.98 Å². The van der Waals surface area contributed by atoms with Gasteiger partial charge in [-0.25, -0.2) is 0 Å². The number of rotatable bonds is 0. The SMILES string of the molecule is Br.N.c1cscn1. The van der Waals surface area contributed by atoms with Gasteiger partial charge in [-0.15, -0.1) is 28.3 Å². The Morgan fingerprint density at radius 3 is 2.29 bits per heavy atom. The maximum atomic E-state index is 3.74. The van der Waals surface area contributed by atoms with Crippen molar-refractivity contribution in [3.05, 3.63) is 17.1 Å². The summed E-state index contributed by atoms with van der Waals surface area (Å²) in [5.74, 6) is 0. The minimum absolute atomic E-state index is 0. The van der Waals surface area contributed by atoms with Crippen molar-refractivity contribution >= 4 is 28.3 Å². The fraction of sp³-hybridized carbons (Fsp3) is 0. The summed E-state index contributed by atoms with van der Waals surface area (Å²) in [6.45, 7) is 0. The highest BCUT2D eigenvalue weighted by molar-refractivity contribution is 8.93. The first-order valence-electron chi connectivity index (χ1n) is 1.32. The van der Waals surface area contributed by atoms with E-state index in [1.165, 1.54) is 0 Å². The van der Waals surface area contributed by atoms with Crippen molar-refractivity contribution < 1.29 is 0 Å². The molecule has 4 heteroatoms. The molecule has 0 unspecified atom stereocenters. The monoisotopic (exact) mass is 182 g/mol. The van der Waals surface area contributed by atoms with Crippen LogP contribution >= 0.6 is 28.3 Å². The highest BCUT2D eigenvalue weighted by Gasteiger charge is 1.59. The van der Waals surface area contributed by atoms with Gasteiger partial charge in [0.2, 0.25) is 0 Å². The Balaban J connectivity index is 0. The third-order valence-electron chi connectivity index (χ3n) is 0.347. The van der Waals surface area contributed by atoms with Crippen LogP contribution in [-0.4, -0.2) is 4.98 Å². The first-order valence-corrected chi connectivity index (χ1v) is 2.26. The van der Waals surface area contributed by atoms with Crippen molar-refractivity contribution in [2.24, 2.45) is 0 Å². The van der Waals surface area contributed by atoms with Crippen LogP contribution < -0.4 is 6.15 Å². The van der Waals surface area contributed by atoms with Crippen molar-refractivity contribution in [1.29, 1.82) is 0 Å². The van der Waals surface area contributed by atoms with Crippen LogP contribution in [0.5, 0.6) is 0 Å². The molecule has 0 saturated carbocycles. The van der Waals surface area contributed by atoms with Crippen LogP contribution in [0.1, 0.15) is 0 Å². The van der Waals surface area contributed by atoms with E-state index in [1.54, 1.807) is 23.0 Å². The van der Waals surface area contributed by atoms with E-state index < -0.39 is 0 Å². The number of halogens is 1. The van der Waals surface area contributed by atoms with Gasteiger partial charge in [0.05, 0.1) is 5.51 Å². The second kappa shape index (κ2) is 6.07. The molecule has 0 aliphatic rings. The van der Waals surface area contributed by atoms with Crippen molar-refractivity contribution in [3.63, 3.8) is 0 Å². The molecule has 0 radical (unpaired) electrons. The zero-order valence-electron chi connectivity index (χ0n) is 3.70. The Kier molecular flexibility index (Phi) is 8.79. The van der Waals surface area contributed by atoms with E-state index in [-0.39, 0.29) is 23.1 Å². The average Bonchev–Trinajstić information content (AvgIpc) is 1.76. The normalized spacial score (nSPS) is 5.71. The molecule has 0 bridgehead atoms. The molecular formula is C3H7BrN2S. The molecular weight excluding hydrogens is 176 g/mol. The minimum atomic E-state index is 0. The quantitative estimate of drug-likeness (QED) is 0.667. The molecule has 42 valence electrons. The lowest BCUT2D eigenvalue weighted by atomic mass is 11.0. The molecule has 0 fully saturated rings. The fourth-order valence-electron chi connectivity index (χ4n) is 0.176. The maximum Gasteiger partial charge on any atom is 0.0791 e. The molecule has 1 aromatic heterocycles. The Morgan fingerprint density at radius 2 is 2.14 bits per heavy atom. The first kappa shape index (κ1) is 10.1. The summed E-state index contributed by atoms with van der Waals surface area (Å²) in [5.41, 5.74) is 1.79. The van der Waals surface area contributed by atoms with E-state index in [1.807, 2.05) is 5.38 Å². The van der Waals surface area contributed by atoms with Gasteiger partial charge in [-0.05, 0) is 0 Å². The van der Waals surface area contributed by atoms with Gasteiger partial charge >= 0.3 is 0 Å². The molecule has 0 aliphatic carbocycles. The molecule has 0 atom stereocenters. The summed E-state index contributed by atoms with van der Waals surface area (Å²) in [6, 6.07) is 0. The van der Waals surface area contributed by atoms with Gasteiger partial charge in [0, 0.05) is 11.6 Å². The van der Waals surface area contributed by atoms with Gasteiger partial charge in [-0.2, -0.15) is 0 Å². The second-order valence-electron chi connectivity index (χ2n) is 0.676. The maximum absolute atomic E-state index is 3.74. The van der Waals surface area contributed by atoms with E-state index in [4.69, 9.17) is 0 Å². The van der Waals surface area contributed by atoms with Crippen LogP contribution in [0.25, 0.3) is 0 Å². The van der Waals surface area contributed by atoms with Crippen molar-refractivity contribution in [1.82, 2.24) is 11.1 Å².